The van der Waals surface area contributed by atoms with Crippen molar-refractivity contribution in [2.45, 2.75) is 25.9 Å². The zero-order valence-corrected chi connectivity index (χ0v) is 12.0. The summed E-state index contributed by atoms with van der Waals surface area (Å²) >= 11 is 0. The van der Waals surface area contributed by atoms with Crippen LogP contribution in [-0.4, -0.2) is 29.3 Å². The lowest BCUT2D eigenvalue weighted by atomic mass is 10.1. The van der Waals surface area contributed by atoms with Crippen molar-refractivity contribution in [1.82, 2.24) is 9.55 Å². The molecule has 1 aromatic heterocycles. The fourth-order valence-electron chi connectivity index (χ4n) is 2.01. The van der Waals surface area contributed by atoms with Crippen molar-refractivity contribution < 1.29 is 9.47 Å². The molecule has 20 heavy (non-hydrogen) atoms. The van der Waals surface area contributed by atoms with Crippen molar-refractivity contribution >= 4 is 0 Å². The van der Waals surface area contributed by atoms with Crippen LogP contribution < -0.4 is 15.2 Å². The van der Waals surface area contributed by atoms with Gasteiger partial charge in [0.25, 0.3) is 0 Å². The lowest BCUT2D eigenvalue weighted by Gasteiger charge is -2.13. The molecule has 1 aromatic carbocycles. The normalized spacial score (nSPS) is 12.2. The van der Waals surface area contributed by atoms with Gasteiger partial charge in [-0.3, -0.25) is 0 Å². The SMILES string of the molecule is COc1ccc(CC(C)N)cc1OCCn1ccnc1. The molecule has 0 saturated carbocycles. The highest BCUT2D eigenvalue weighted by Gasteiger charge is 2.07. The predicted molar refractivity (Wildman–Crippen MR) is 78.1 cm³/mol. The molecular weight excluding hydrogens is 254 g/mol. The van der Waals surface area contributed by atoms with Crippen LogP contribution in [0.1, 0.15) is 12.5 Å². The van der Waals surface area contributed by atoms with E-state index in [1.807, 2.05) is 35.9 Å². The van der Waals surface area contributed by atoms with E-state index in [0.717, 1.165) is 30.0 Å². The zero-order valence-electron chi connectivity index (χ0n) is 12.0. The van der Waals surface area contributed by atoms with E-state index >= 15 is 0 Å². The number of nitrogens with zero attached hydrogens (tertiary/aromatic N) is 2. The summed E-state index contributed by atoms with van der Waals surface area (Å²) in [6.07, 6.45) is 6.26. The van der Waals surface area contributed by atoms with Gasteiger partial charge in [-0.05, 0) is 31.0 Å². The molecule has 2 N–H and O–H groups in total. The van der Waals surface area contributed by atoms with Crippen LogP contribution in [-0.2, 0) is 13.0 Å². The van der Waals surface area contributed by atoms with Gasteiger partial charge in [-0.25, -0.2) is 4.98 Å². The Kier molecular flexibility index (Phi) is 5.01. The van der Waals surface area contributed by atoms with E-state index in [-0.39, 0.29) is 6.04 Å². The number of imidazole rings is 1. The summed E-state index contributed by atoms with van der Waals surface area (Å²) in [5.41, 5.74) is 6.98. The first-order chi connectivity index (χ1) is 9.69. The van der Waals surface area contributed by atoms with E-state index < -0.39 is 0 Å². The maximum atomic E-state index is 5.83. The Labute approximate surface area is 119 Å². The number of ether oxygens (including phenoxy) is 2. The van der Waals surface area contributed by atoms with E-state index in [1.165, 1.54) is 0 Å². The van der Waals surface area contributed by atoms with Gasteiger partial charge in [0.05, 0.1) is 20.0 Å². The molecule has 0 aliphatic carbocycles. The van der Waals surface area contributed by atoms with Gasteiger partial charge in [0.15, 0.2) is 11.5 Å². The van der Waals surface area contributed by atoms with Crippen LogP contribution in [0.15, 0.2) is 36.9 Å². The topological polar surface area (TPSA) is 62.3 Å². The lowest BCUT2D eigenvalue weighted by Crippen LogP contribution is -2.17. The smallest absolute Gasteiger partial charge is 0.161 e. The van der Waals surface area contributed by atoms with Crippen molar-refractivity contribution in [3.63, 3.8) is 0 Å². The average Bonchev–Trinajstić information content (AvgIpc) is 2.91. The molecule has 0 radical (unpaired) electrons. The molecule has 2 aromatic rings. The summed E-state index contributed by atoms with van der Waals surface area (Å²) in [5, 5.41) is 0. The molecule has 2 rings (SSSR count). The quantitative estimate of drug-likeness (QED) is 0.838. The van der Waals surface area contributed by atoms with E-state index in [4.69, 9.17) is 15.2 Å². The molecule has 108 valence electrons. The first-order valence-electron chi connectivity index (χ1n) is 6.70. The molecule has 1 unspecified atom stereocenters. The van der Waals surface area contributed by atoms with E-state index in [1.54, 1.807) is 19.6 Å². The molecular formula is C15H21N3O2. The van der Waals surface area contributed by atoms with Gasteiger partial charge in [-0.2, -0.15) is 0 Å². The summed E-state index contributed by atoms with van der Waals surface area (Å²) in [6, 6.07) is 6.06. The van der Waals surface area contributed by atoms with Crippen LogP contribution in [0.2, 0.25) is 0 Å². The molecule has 5 heteroatoms. The Bertz CT molecular complexity index is 524. The number of aromatic nitrogens is 2. The average molecular weight is 275 g/mol. The number of hydrogen-bond donors (Lipinski definition) is 1. The third-order valence-electron chi connectivity index (χ3n) is 2.95. The molecule has 1 heterocycles. The third-order valence-corrected chi connectivity index (χ3v) is 2.95. The molecule has 0 aliphatic heterocycles. The van der Waals surface area contributed by atoms with Crippen molar-refractivity contribution in [1.29, 1.82) is 0 Å². The van der Waals surface area contributed by atoms with Crippen LogP contribution in [0.25, 0.3) is 0 Å². The molecule has 1 atom stereocenters. The zero-order chi connectivity index (χ0) is 14.4. The van der Waals surface area contributed by atoms with Crippen LogP contribution in [0, 0.1) is 0 Å². The summed E-state index contributed by atoms with van der Waals surface area (Å²) < 4.78 is 13.1. The number of nitrogens with two attached hydrogens (primary N) is 1. The first-order valence-corrected chi connectivity index (χ1v) is 6.70. The second-order valence-corrected chi connectivity index (χ2v) is 4.82. The van der Waals surface area contributed by atoms with Crippen LogP contribution in [0.4, 0.5) is 0 Å². The van der Waals surface area contributed by atoms with Crippen LogP contribution in [0.3, 0.4) is 0 Å². The Hall–Kier alpha value is -2.01. The highest BCUT2D eigenvalue weighted by atomic mass is 16.5. The standard InChI is InChI=1S/C15H21N3O2/c1-12(16)9-13-3-4-14(19-2)15(10-13)20-8-7-18-6-5-17-11-18/h3-6,10-12H,7-9,16H2,1-2H3. The summed E-state index contributed by atoms with van der Waals surface area (Å²) in [7, 11) is 1.64. The van der Waals surface area contributed by atoms with Gasteiger partial charge in [0.2, 0.25) is 0 Å². The Morgan fingerprint density at radius 3 is 2.85 bits per heavy atom. The van der Waals surface area contributed by atoms with Crippen molar-refractivity contribution in [2.24, 2.45) is 5.73 Å². The van der Waals surface area contributed by atoms with Crippen LogP contribution >= 0.6 is 0 Å². The molecule has 0 spiro atoms. The van der Waals surface area contributed by atoms with Gasteiger partial charge < -0.3 is 19.8 Å². The molecule has 0 saturated heterocycles. The maximum Gasteiger partial charge on any atom is 0.161 e. The number of benzene rings is 1. The molecule has 5 nitrogen and oxygen atoms in total. The van der Waals surface area contributed by atoms with Crippen molar-refractivity contribution in [3.05, 3.63) is 42.5 Å². The minimum Gasteiger partial charge on any atom is -0.493 e. The number of hydrogen-bond acceptors (Lipinski definition) is 4. The summed E-state index contributed by atoms with van der Waals surface area (Å²) in [6.45, 7) is 3.30. The van der Waals surface area contributed by atoms with E-state index in [2.05, 4.69) is 4.98 Å². The largest absolute Gasteiger partial charge is 0.493 e. The van der Waals surface area contributed by atoms with Crippen molar-refractivity contribution in [3.8, 4) is 11.5 Å². The second-order valence-electron chi connectivity index (χ2n) is 4.82. The van der Waals surface area contributed by atoms with E-state index in [9.17, 15) is 0 Å². The van der Waals surface area contributed by atoms with Crippen molar-refractivity contribution in [2.75, 3.05) is 13.7 Å². The van der Waals surface area contributed by atoms with Gasteiger partial charge >= 0.3 is 0 Å². The number of methoxy groups -OCH3 is 1. The van der Waals surface area contributed by atoms with Gasteiger partial charge in [-0.1, -0.05) is 6.07 Å². The first kappa shape index (κ1) is 14.4. The van der Waals surface area contributed by atoms with Crippen LogP contribution in [0.5, 0.6) is 11.5 Å². The fourth-order valence-corrected chi connectivity index (χ4v) is 2.01. The molecule has 0 amide bonds. The van der Waals surface area contributed by atoms with Gasteiger partial charge in [0.1, 0.15) is 6.61 Å². The molecule has 0 bridgehead atoms. The minimum absolute atomic E-state index is 0.127. The monoisotopic (exact) mass is 275 g/mol. The fraction of sp³-hybridized carbons (Fsp3) is 0.400. The van der Waals surface area contributed by atoms with E-state index in [0.29, 0.717) is 6.61 Å². The maximum absolute atomic E-state index is 5.83. The molecule has 0 aliphatic rings. The third kappa shape index (κ3) is 3.99. The Balaban J connectivity index is 2.00. The van der Waals surface area contributed by atoms with Gasteiger partial charge in [-0.15, -0.1) is 0 Å². The number of rotatable bonds is 7. The lowest BCUT2D eigenvalue weighted by molar-refractivity contribution is 0.279. The summed E-state index contributed by atoms with van der Waals surface area (Å²) in [5.74, 6) is 1.50. The highest BCUT2D eigenvalue weighted by Crippen LogP contribution is 2.28. The summed E-state index contributed by atoms with van der Waals surface area (Å²) in [4.78, 5) is 4.00. The highest BCUT2D eigenvalue weighted by molar-refractivity contribution is 5.43. The Morgan fingerprint density at radius 1 is 1.35 bits per heavy atom. The van der Waals surface area contributed by atoms with Gasteiger partial charge in [0, 0.05) is 18.4 Å². The minimum atomic E-state index is 0.127. The predicted octanol–water partition coefficient (Wildman–Crippen LogP) is 1.86. The molecule has 0 fully saturated rings. The Morgan fingerprint density at radius 2 is 2.20 bits per heavy atom. The second kappa shape index (κ2) is 6.96.